The first-order valence-corrected chi connectivity index (χ1v) is 3.32. The lowest BCUT2D eigenvalue weighted by molar-refractivity contribution is -0.173. The number of aliphatic hydroxyl groups is 2. The fourth-order valence-electron chi connectivity index (χ4n) is 1.03. The molecule has 1 aliphatic heterocycles. The lowest BCUT2D eigenvalue weighted by Gasteiger charge is -2.27. The number of aliphatic hydroxyl groups excluding tert-OH is 2. The standard InChI is InChI=1S/C6H10O5/c7-3-1-4(8)5(6(9)10)11-2-3/h3-5,7-8H,1-2H2,(H,9,10)/t3-,4+,5+/m1/s1. The second-order valence-corrected chi connectivity index (χ2v) is 2.55. The molecule has 1 saturated heterocycles. The fraction of sp³-hybridized carbons (Fsp3) is 0.833. The van der Waals surface area contributed by atoms with E-state index in [9.17, 15) is 4.79 Å². The van der Waals surface area contributed by atoms with Crippen molar-refractivity contribution in [1.82, 2.24) is 0 Å². The smallest absolute Gasteiger partial charge is 0.335 e. The van der Waals surface area contributed by atoms with Gasteiger partial charge in [-0.05, 0) is 0 Å². The van der Waals surface area contributed by atoms with Crippen LogP contribution in [0.15, 0.2) is 0 Å². The van der Waals surface area contributed by atoms with Crippen molar-refractivity contribution in [3.05, 3.63) is 0 Å². The van der Waals surface area contributed by atoms with Crippen molar-refractivity contribution in [3.63, 3.8) is 0 Å². The minimum atomic E-state index is -1.19. The zero-order valence-corrected chi connectivity index (χ0v) is 5.80. The van der Waals surface area contributed by atoms with E-state index < -0.39 is 24.3 Å². The third-order valence-electron chi connectivity index (χ3n) is 1.57. The van der Waals surface area contributed by atoms with Crippen LogP contribution in [0.4, 0.5) is 0 Å². The minimum Gasteiger partial charge on any atom is -0.479 e. The van der Waals surface area contributed by atoms with Crippen molar-refractivity contribution >= 4 is 5.97 Å². The van der Waals surface area contributed by atoms with Crippen LogP contribution in [0.1, 0.15) is 6.42 Å². The summed E-state index contributed by atoms with van der Waals surface area (Å²) in [4.78, 5) is 10.3. The molecule has 1 fully saturated rings. The Kier molecular flexibility index (Phi) is 2.43. The quantitative estimate of drug-likeness (QED) is 0.440. The zero-order valence-electron chi connectivity index (χ0n) is 5.80. The summed E-state index contributed by atoms with van der Waals surface area (Å²) in [6, 6.07) is 0. The maximum atomic E-state index is 10.3. The Morgan fingerprint density at radius 1 is 1.45 bits per heavy atom. The molecule has 64 valence electrons. The van der Waals surface area contributed by atoms with Gasteiger partial charge in [0, 0.05) is 6.42 Å². The molecule has 3 atom stereocenters. The van der Waals surface area contributed by atoms with Crippen molar-refractivity contribution in [1.29, 1.82) is 0 Å². The average molecular weight is 162 g/mol. The van der Waals surface area contributed by atoms with Crippen molar-refractivity contribution in [2.24, 2.45) is 0 Å². The van der Waals surface area contributed by atoms with E-state index in [-0.39, 0.29) is 13.0 Å². The van der Waals surface area contributed by atoms with E-state index in [0.717, 1.165) is 0 Å². The monoisotopic (exact) mass is 162 g/mol. The summed E-state index contributed by atoms with van der Waals surface area (Å²) < 4.78 is 4.66. The van der Waals surface area contributed by atoms with Gasteiger partial charge in [0.15, 0.2) is 6.10 Å². The van der Waals surface area contributed by atoms with Crippen molar-refractivity contribution < 1.29 is 24.9 Å². The SMILES string of the molecule is O=C(O)[C@H]1OC[C@H](O)C[C@@H]1O. The molecular weight excluding hydrogens is 152 g/mol. The maximum Gasteiger partial charge on any atom is 0.335 e. The van der Waals surface area contributed by atoms with Gasteiger partial charge >= 0.3 is 5.97 Å². The molecule has 3 N–H and O–H groups in total. The number of hydrogen-bond acceptors (Lipinski definition) is 4. The topological polar surface area (TPSA) is 87.0 Å². The Hall–Kier alpha value is -0.650. The maximum absolute atomic E-state index is 10.3. The van der Waals surface area contributed by atoms with Gasteiger partial charge in [0.1, 0.15) is 0 Å². The predicted octanol–water partition coefficient (Wildman–Crippen LogP) is -1.42. The molecule has 1 rings (SSSR count). The van der Waals surface area contributed by atoms with Gasteiger partial charge in [0.2, 0.25) is 0 Å². The molecule has 0 aromatic rings. The Balaban J connectivity index is 2.50. The summed E-state index contributed by atoms with van der Waals surface area (Å²) in [5.41, 5.74) is 0. The van der Waals surface area contributed by atoms with Crippen LogP contribution in [0.2, 0.25) is 0 Å². The molecule has 0 spiro atoms. The second kappa shape index (κ2) is 3.17. The summed E-state index contributed by atoms with van der Waals surface area (Å²) >= 11 is 0. The van der Waals surface area contributed by atoms with Gasteiger partial charge in [-0.2, -0.15) is 0 Å². The van der Waals surface area contributed by atoms with Crippen LogP contribution in [0, 0.1) is 0 Å². The molecule has 5 heteroatoms. The first kappa shape index (κ1) is 8.45. The zero-order chi connectivity index (χ0) is 8.43. The summed E-state index contributed by atoms with van der Waals surface area (Å²) in [5.74, 6) is -1.19. The van der Waals surface area contributed by atoms with Crippen LogP contribution in [-0.2, 0) is 9.53 Å². The van der Waals surface area contributed by atoms with Gasteiger partial charge in [0.05, 0.1) is 18.8 Å². The Labute approximate surface area is 63.2 Å². The van der Waals surface area contributed by atoms with E-state index in [2.05, 4.69) is 4.74 Å². The Morgan fingerprint density at radius 3 is 2.55 bits per heavy atom. The van der Waals surface area contributed by atoms with Crippen molar-refractivity contribution in [2.75, 3.05) is 6.61 Å². The lowest BCUT2D eigenvalue weighted by atomic mass is 10.0. The highest BCUT2D eigenvalue weighted by molar-refractivity contribution is 5.73. The molecule has 0 saturated carbocycles. The molecule has 0 radical (unpaired) electrons. The molecule has 11 heavy (non-hydrogen) atoms. The number of carboxylic acid groups (broad SMARTS) is 1. The third-order valence-corrected chi connectivity index (χ3v) is 1.57. The van der Waals surface area contributed by atoms with E-state index in [0.29, 0.717) is 0 Å². The normalized spacial score (nSPS) is 38.5. The van der Waals surface area contributed by atoms with Gasteiger partial charge in [0.25, 0.3) is 0 Å². The van der Waals surface area contributed by atoms with Gasteiger partial charge in [-0.25, -0.2) is 4.79 Å². The molecule has 0 unspecified atom stereocenters. The van der Waals surface area contributed by atoms with Crippen LogP contribution < -0.4 is 0 Å². The second-order valence-electron chi connectivity index (χ2n) is 2.55. The molecule has 1 heterocycles. The molecular formula is C6H10O5. The number of carbonyl (C=O) groups is 1. The molecule has 1 aliphatic rings. The lowest BCUT2D eigenvalue weighted by Crippen LogP contribution is -2.45. The van der Waals surface area contributed by atoms with Crippen LogP contribution in [-0.4, -0.2) is 46.2 Å². The Morgan fingerprint density at radius 2 is 2.09 bits per heavy atom. The van der Waals surface area contributed by atoms with Crippen molar-refractivity contribution in [3.8, 4) is 0 Å². The van der Waals surface area contributed by atoms with E-state index in [4.69, 9.17) is 15.3 Å². The Bertz CT molecular complexity index is 157. The highest BCUT2D eigenvalue weighted by atomic mass is 16.5. The summed E-state index contributed by atoms with van der Waals surface area (Å²) in [6.07, 6.45) is -2.97. The molecule has 0 aliphatic carbocycles. The van der Waals surface area contributed by atoms with Crippen LogP contribution in [0.3, 0.4) is 0 Å². The number of ether oxygens (including phenoxy) is 1. The van der Waals surface area contributed by atoms with Gasteiger partial charge < -0.3 is 20.1 Å². The highest BCUT2D eigenvalue weighted by Gasteiger charge is 2.33. The minimum absolute atomic E-state index is 0.0198. The number of aliphatic carboxylic acids is 1. The molecule has 5 nitrogen and oxygen atoms in total. The van der Waals surface area contributed by atoms with Crippen molar-refractivity contribution in [2.45, 2.75) is 24.7 Å². The average Bonchev–Trinajstić information content (AvgIpc) is 1.85. The van der Waals surface area contributed by atoms with E-state index >= 15 is 0 Å². The first-order chi connectivity index (χ1) is 5.11. The first-order valence-electron chi connectivity index (χ1n) is 3.32. The molecule has 0 amide bonds. The predicted molar refractivity (Wildman–Crippen MR) is 34.0 cm³/mol. The van der Waals surface area contributed by atoms with E-state index in [1.165, 1.54) is 0 Å². The largest absolute Gasteiger partial charge is 0.479 e. The number of hydrogen-bond donors (Lipinski definition) is 3. The van der Waals surface area contributed by atoms with E-state index in [1.54, 1.807) is 0 Å². The molecule has 0 bridgehead atoms. The van der Waals surface area contributed by atoms with Gasteiger partial charge in [-0.3, -0.25) is 0 Å². The van der Waals surface area contributed by atoms with Crippen LogP contribution in [0.25, 0.3) is 0 Å². The highest BCUT2D eigenvalue weighted by Crippen LogP contribution is 2.14. The summed E-state index contributed by atoms with van der Waals surface area (Å²) in [7, 11) is 0. The van der Waals surface area contributed by atoms with Gasteiger partial charge in [-0.1, -0.05) is 0 Å². The summed E-state index contributed by atoms with van der Waals surface area (Å²) in [6.45, 7) is -0.0198. The number of rotatable bonds is 1. The molecule has 0 aromatic carbocycles. The van der Waals surface area contributed by atoms with Crippen LogP contribution in [0.5, 0.6) is 0 Å². The van der Waals surface area contributed by atoms with E-state index in [1.807, 2.05) is 0 Å². The number of carboxylic acids is 1. The summed E-state index contributed by atoms with van der Waals surface area (Å²) in [5, 5.41) is 26.4. The molecule has 0 aromatic heterocycles. The fourth-order valence-corrected chi connectivity index (χ4v) is 1.03. The van der Waals surface area contributed by atoms with Gasteiger partial charge in [-0.15, -0.1) is 0 Å². The third kappa shape index (κ3) is 1.89. The van der Waals surface area contributed by atoms with Crippen LogP contribution >= 0.6 is 0 Å².